The zero-order valence-electron chi connectivity index (χ0n) is 26.5. The average Bonchev–Trinajstić information content (AvgIpc) is 3.56. The summed E-state index contributed by atoms with van der Waals surface area (Å²) in [5, 5.41) is 7.09. The fourth-order valence-electron chi connectivity index (χ4n) is 7.60. The average molecular weight is 628 g/mol. The van der Waals surface area contributed by atoms with Crippen LogP contribution in [-0.2, 0) is 0 Å². The Labute approximate surface area is 283 Å². The minimum atomic E-state index is -0.0182. The second-order valence-electron chi connectivity index (χ2n) is 12.7. The number of aromatic nitrogens is 3. The second-order valence-corrected chi connectivity index (χ2v) is 12.7. The molecule has 0 saturated heterocycles. The van der Waals surface area contributed by atoms with Crippen LogP contribution in [0.3, 0.4) is 0 Å². The molecule has 49 heavy (non-hydrogen) atoms. The van der Waals surface area contributed by atoms with E-state index in [1.165, 1.54) is 32.9 Å². The highest BCUT2D eigenvalue weighted by Crippen LogP contribution is 2.49. The lowest BCUT2D eigenvalue weighted by atomic mass is 9.79. The van der Waals surface area contributed by atoms with E-state index in [1.54, 1.807) is 0 Å². The van der Waals surface area contributed by atoms with Crippen molar-refractivity contribution in [2.75, 3.05) is 0 Å². The Hall–Kier alpha value is -6.39. The zero-order valence-corrected chi connectivity index (χ0v) is 26.5. The number of ether oxygens (including phenoxy) is 1. The van der Waals surface area contributed by atoms with Crippen LogP contribution in [0.15, 0.2) is 164 Å². The topological polar surface area (TPSA) is 47.9 Å². The van der Waals surface area contributed by atoms with Gasteiger partial charge in [-0.05, 0) is 67.7 Å². The molecule has 2 unspecified atom stereocenters. The Morgan fingerprint density at radius 3 is 2.00 bits per heavy atom. The predicted octanol–water partition coefficient (Wildman–Crippen LogP) is 10.8. The predicted molar refractivity (Wildman–Crippen MR) is 199 cm³/mol. The fourth-order valence-corrected chi connectivity index (χ4v) is 7.60. The Bertz CT molecular complexity index is 2660. The monoisotopic (exact) mass is 627 g/mol. The van der Waals surface area contributed by atoms with Gasteiger partial charge < -0.3 is 4.74 Å². The second kappa shape index (κ2) is 11.1. The quantitative estimate of drug-likeness (QED) is 0.182. The summed E-state index contributed by atoms with van der Waals surface area (Å²) in [5.41, 5.74) is 6.55. The van der Waals surface area contributed by atoms with Crippen molar-refractivity contribution in [2.45, 2.75) is 12.0 Å². The molecule has 1 aliphatic heterocycles. The number of fused-ring (bicyclic) bond motifs is 7. The highest BCUT2D eigenvalue weighted by Gasteiger charge is 2.37. The van der Waals surface area contributed by atoms with Crippen LogP contribution in [0.4, 0.5) is 0 Å². The Balaban J connectivity index is 1.15. The summed E-state index contributed by atoms with van der Waals surface area (Å²) in [7, 11) is 0. The van der Waals surface area contributed by atoms with E-state index in [2.05, 4.69) is 140 Å². The van der Waals surface area contributed by atoms with E-state index in [0.29, 0.717) is 17.5 Å². The van der Waals surface area contributed by atoms with Crippen LogP contribution in [0.1, 0.15) is 17.0 Å². The zero-order chi connectivity index (χ0) is 32.3. The van der Waals surface area contributed by atoms with Gasteiger partial charge in [0.1, 0.15) is 11.9 Å². The number of rotatable bonds is 4. The summed E-state index contributed by atoms with van der Waals surface area (Å²) in [4.78, 5) is 15.3. The largest absolute Gasteiger partial charge is 0.485 e. The summed E-state index contributed by atoms with van der Waals surface area (Å²) in [6.07, 6.45) is 6.51. The van der Waals surface area contributed by atoms with Gasteiger partial charge in [-0.15, -0.1) is 0 Å². The Morgan fingerprint density at radius 2 is 1.12 bits per heavy atom. The highest BCUT2D eigenvalue weighted by molar-refractivity contribution is 6.08. The molecular formula is C45H29N3O. The van der Waals surface area contributed by atoms with Crippen LogP contribution in [0, 0.1) is 0 Å². The van der Waals surface area contributed by atoms with Gasteiger partial charge in [-0.2, -0.15) is 0 Å². The van der Waals surface area contributed by atoms with Gasteiger partial charge in [-0.3, -0.25) is 0 Å². The molecule has 4 heteroatoms. The summed E-state index contributed by atoms with van der Waals surface area (Å²) in [6.45, 7) is 0. The molecule has 7 aromatic carbocycles. The van der Waals surface area contributed by atoms with Crippen molar-refractivity contribution in [3.8, 4) is 39.9 Å². The van der Waals surface area contributed by atoms with Crippen LogP contribution in [-0.4, -0.2) is 21.1 Å². The molecule has 1 aromatic heterocycles. The van der Waals surface area contributed by atoms with Crippen LogP contribution in [0.25, 0.3) is 72.1 Å². The number of benzene rings is 7. The number of allylic oxidation sites excluding steroid dienone is 2. The van der Waals surface area contributed by atoms with Crippen LogP contribution in [0.2, 0.25) is 0 Å². The summed E-state index contributed by atoms with van der Waals surface area (Å²) in [5.74, 6) is 3.04. The molecular weight excluding hydrogens is 599 g/mol. The number of hydrogen-bond donors (Lipinski definition) is 0. The standard InChI is InChI=1S/C45H29N3O/c1-2-12-29(13-3-1)43-46-44(31-23-24-33-30(27-31)22-21-28-11-4-5-14-32(28)33)48-45(47-43)38-26-25-36(34-15-6-7-16-35(34)38)37-18-10-20-41-42(37)39-17-8-9-19-40(39)49-41/h1-27,41-42H. The molecule has 230 valence electrons. The molecule has 0 amide bonds. The minimum absolute atomic E-state index is 0.0182. The molecule has 8 aromatic rings. The SMILES string of the molecule is C1=CC2Oc3ccccc3C2C(c2ccc(-c3nc(-c4ccccc4)nc(-c4ccc5c(ccc6ccccc65)c4)n3)c3ccccc23)=C1. The van der Waals surface area contributed by atoms with Crippen LogP contribution in [0.5, 0.6) is 5.75 Å². The smallest absolute Gasteiger partial charge is 0.164 e. The van der Waals surface area contributed by atoms with Crippen molar-refractivity contribution in [1.29, 1.82) is 0 Å². The Kier molecular flexibility index (Phi) is 6.28. The molecule has 0 radical (unpaired) electrons. The lowest BCUT2D eigenvalue weighted by Crippen LogP contribution is -2.19. The summed E-state index contributed by atoms with van der Waals surface area (Å²) in [6, 6.07) is 50.9. The number of para-hydroxylation sites is 1. The van der Waals surface area contributed by atoms with Crippen molar-refractivity contribution < 1.29 is 4.74 Å². The summed E-state index contributed by atoms with van der Waals surface area (Å²) >= 11 is 0. The van der Waals surface area contributed by atoms with Crippen molar-refractivity contribution in [3.63, 3.8) is 0 Å². The van der Waals surface area contributed by atoms with E-state index < -0.39 is 0 Å². The van der Waals surface area contributed by atoms with Crippen molar-refractivity contribution in [1.82, 2.24) is 15.0 Å². The number of nitrogens with zero attached hydrogens (tertiary/aromatic N) is 3. The number of hydrogen-bond acceptors (Lipinski definition) is 4. The lowest BCUT2D eigenvalue weighted by Gasteiger charge is -2.24. The first-order chi connectivity index (χ1) is 24.3. The van der Waals surface area contributed by atoms with E-state index in [4.69, 9.17) is 19.7 Å². The third kappa shape index (κ3) is 4.56. The molecule has 4 nitrogen and oxygen atoms in total. The van der Waals surface area contributed by atoms with Crippen LogP contribution >= 0.6 is 0 Å². The third-order valence-corrected chi connectivity index (χ3v) is 9.90. The van der Waals surface area contributed by atoms with Gasteiger partial charge in [0.2, 0.25) is 0 Å². The fraction of sp³-hybridized carbons (Fsp3) is 0.0444. The highest BCUT2D eigenvalue weighted by atomic mass is 16.5. The van der Waals surface area contributed by atoms with Gasteiger partial charge in [0.25, 0.3) is 0 Å². The van der Waals surface area contributed by atoms with Crippen molar-refractivity contribution in [2.24, 2.45) is 0 Å². The molecule has 0 saturated carbocycles. The van der Waals surface area contributed by atoms with Crippen molar-refractivity contribution in [3.05, 3.63) is 175 Å². The van der Waals surface area contributed by atoms with E-state index in [-0.39, 0.29) is 12.0 Å². The molecule has 0 spiro atoms. The summed E-state index contributed by atoms with van der Waals surface area (Å²) < 4.78 is 6.37. The molecule has 2 aliphatic rings. The maximum Gasteiger partial charge on any atom is 0.164 e. The molecule has 0 bridgehead atoms. The minimum Gasteiger partial charge on any atom is -0.485 e. The molecule has 2 atom stereocenters. The van der Waals surface area contributed by atoms with E-state index in [9.17, 15) is 0 Å². The molecule has 10 rings (SSSR count). The third-order valence-electron chi connectivity index (χ3n) is 9.90. The maximum atomic E-state index is 6.37. The Morgan fingerprint density at radius 1 is 0.469 bits per heavy atom. The van der Waals surface area contributed by atoms with E-state index in [0.717, 1.165) is 38.6 Å². The normalized spacial score (nSPS) is 16.4. The molecule has 0 fully saturated rings. The van der Waals surface area contributed by atoms with Gasteiger partial charge in [0.15, 0.2) is 17.5 Å². The molecule has 1 aliphatic carbocycles. The van der Waals surface area contributed by atoms with E-state index in [1.807, 2.05) is 24.3 Å². The van der Waals surface area contributed by atoms with Gasteiger partial charge in [-0.1, -0.05) is 140 Å². The van der Waals surface area contributed by atoms with Gasteiger partial charge in [-0.25, -0.2) is 15.0 Å². The lowest BCUT2D eigenvalue weighted by molar-refractivity contribution is 0.271. The van der Waals surface area contributed by atoms with Gasteiger partial charge in [0.05, 0.1) is 5.92 Å². The molecule has 2 heterocycles. The van der Waals surface area contributed by atoms with E-state index >= 15 is 0 Å². The van der Waals surface area contributed by atoms with Crippen LogP contribution < -0.4 is 4.74 Å². The van der Waals surface area contributed by atoms with Gasteiger partial charge in [0, 0.05) is 22.3 Å². The van der Waals surface area contributed by atoms with Crippen molar-refractivity contribution >= 4 is 37.9 Å². The maximum absolute atomic E-state index is 6.37. The van der Waals surface area contributed by atoms with Gasteiger partial charge >= 0.3 is 0 Å². The first-order valence-corrected chi connectivity index (χ1v) is 16.7. The first-order valence-electron chi connectivity index (χ1n) is 16.7. The first kappa shape index (κ1) is 27.7. The molecule has 0 N–H and O–H groups in total.